The highest BCUT2D eigenvalue weighted by Gasteiger charge is 2.07. The maximum Gasteiger partial charge on any atom is 0.268 e. The number of aliphatic hydroxyl groups excluding tert-OH is 1. The van der Waals surface area contributed by atoms with Crippen LogP contribution in [-0.2, 0) is 6.54 Å². The van der Waals surface area contributed by atoms with Gasteiger partial charge in [-0.2, -0.15) is 0 Å². The van der Waals surface area contributed by atoms with Crippen LogP contribution >= 0.6 is 11.6 Å². The minimum Gasteiger partial charge on any atom is -0.395 e. The second kappa shape index (κ2) is 7.53. The molecule has 2 rings (SSSR count). The van der Waals surface area contributed by atoms with E-state index in [1.54, 1.807) is 12.3 Å². The summed E-state index contributed by atoms with van der Waals surface area (Å²) in [6, 6.07) is 9.17. The molecule has 0 unspecified atom stereocenters. The quantitative estimate of drug-likeness (QED) is 0.759. The minimum absolute atomic E-state index is 0.0693. The molecule has 1 aromatic heterocycles. The van der Waals surface area contributed by atoms with Crippen molar-refractivity contribution < 1.29 is 9.90 Å². The van der Waals surface area contributed by atoms with E-state index in [-0.39, 0.29) is 12.5 Å². The maximum atomic E-state index is 11.8. The SMILES string of the molecule is O=C(NCc1ccc(C#CCCO)cc1)c1cc(Cl)c[nH]1. The highest BCUT2D eigenvalue weighted by Crippen LogP contribution is 2.09. The fourth-order valence-corrected chi connectivity index (χ4v) is 1.87. The van der Waals surface area contributed by atoms with E-state index in [2.05, 4.69) is 22.1 Å². The van der Waals surface area contributed by atoms with E-state index in [9.17, 15) is 4.79 Å². The number of amides is 1. The molecule has 0 aliphatic heterocycles. The molecule has 2 aromatic rings. The lowest BCUT2D eigenvalue weighted by Crippen LogP contribution is -2.22. The smallest absolute Gasteiger partial charge is 0.268 e. The molecule has 1 amide bonds. The summed E-state index contributed by atoms with van der Waals surface area (Å²) < 4.78 is 0. The van der Waals surface area contributed by atoms with E-state index >= 15 is 0 Å². The second-order valence-electron chi connectivity index (χ2n) is 4.39. The Hall–Kier alpha value is -2.22. The van der Waals surface area contributed by atoms with Crippen molar-refractivity contribution in [2.75, 3.05) is 6.61 Å². The van der Waals surface area contributed by atoms with Crippen LogP contribution in [0.5, 0.6) is 0 Å². The zero-order valence-corrected chi connectivity index (χ0v) is 12.1. The van der Waals surface area contributed by atoms with Crippen LogP contribution in [-0.4, -0.2) is 22.6 Å². The van der Waals surface area contributed by atoms with Crippen LogP contribution in [0.25, 0.3) is 0 Å². The molecule has 108 valence electrons. The molecule has 0 bridgehead atoms. The van der Waals surface area contributed by atoms with Crippen LogP contribution in [0.3, 0.4) is 0 Å². The van der Waals surface area contributed by atoms with Gasteiger partial charge in [0.2, 0.25) is 0 Å². The summed E-state index contributed by atoms with van der Waals surface area (Å²) >= 11 is 5.75. The first-order valence-electron chi connectivity index (χ1n) is 6.50. The third-order valence-corrected chi connectivity index (χ3v) is 2.99. The normalized spacial score (nSPS) is 9.81. The number of halogens is 1. The van der Waals surface area contributed by atoms with Gasteiger partial charge in [0.25, 0.3) is 5.91 Å². The monoisotopic (exact) mass is 302 g/mol. The number of aliphatic hydroxyl groups is 1. The summed E-state index contributed by atoms with van der Waals surface area (Å²) in [5.41, 5.74) is 2.30. The number of carbonyl (C=O) groups is 1. The van der Waals surface area contributed by atoms with Crippen LogP contribution in [0.15, 0.2) is 36.5 Å². The number of aromatic nitrogens is 1. The average molecular weight is 303 g/mol. The highest BCUT2D eigenvalue weighted by molar-refractivity contribution is 6.30. The lowest BCUT2D eigenvalue weighted by atomic mass is 10.1. The Balaban J connectivity index is 1.89. The fourth-order valence-electron chi connectivity index (χ4n) is 1.70. The molecular weight excluding hydrogens is 288 g/mol. The average Bonchev–Trinajstić information content (AvgIpc) is 2.93. The van der Waals surface area contributed by atoms with E-state index < -0.39 is 0 Å². The molecular formula is C16H15ClN2O2. The Morgan fingerprint density at radius 1 is 1.33 bits per heavy atom. The van der Waals surface area contributed by atoms with Crippen molar-refractivity contribution in [1.82, 2.24) is 10.3 Å². The standard InChI is InChI=1S/C16H15ClN2O2/c17-14-9-15(18-11-14)16(21)19-10-13-6-4-12(5-7-13)3-1-2-8-20/h4-7,9,11,18,20H,2,8,10H2,(H,19,21). The number of nitrogens with one attached hydrogen (secondary N) is 2. The van der Waals surface area contributed by atoms with Gasteiger partial charge in [-0.1, -0.05) is 35.6 Å². The molecule has 5 heteroatoms. The van der Waals surface area contributed by atoms with Gasteiger partial charge in [-0.3, -0.25) is 4.79 Å². The first-order valence-corrected chi connectivity index (χ1v) is 6.87. The van der Waals surface area contributed by atoms with Crippen LogP contribution in [0, 0.1) is 11.8 Å². The third kappa shape index (κ3) is 4.67. The van der Waals surface area contributed by atoms with Crippen LogP contribution in [0.1, 0.15) is 28.0 Å². The van der Waals surface area contributed by atoms with E-state index in [4.69, 9.17) is 16.7 Å². The van der Waals surface area contributed by atoms with Crippen molar-refractivity contribution in [2.24, 2.45) is 0 Å². The van der Waals surface area contributed by atoms with Crippen LogP contribution < -0.4 is 5.32 Å². The van der Waals surface area contributed by atoms with Crippen molar-refractivity contribution in [2.45, 2.75) is 13.0 Å². The maximum absolute atomic E-state index is 11.8. The molecule has 0 atom stereocenters. The molecule has 0 saturated heterocycles. The number of hydrogen-bond donors (Lipinski definition) is 3. The molecule has 1 heterocycles. The number of benzene rings is 1. The van der Waals surface area contributed by atoms with Gasteiger partial charge in [0.1, 0.15) is 5.69 Å². The first kappa shape index (κ1) is 15.2. The van der Waals surface area contributed by atoms with Crippen molar-refractivity contribution in [3.8, 4) is 11.8 Å². The number of rotatable bonds is 4. The van der Waals surface area contributed by atoms with E-state index in [0.29, 0.717) is 23.7 Å². The predicted octanol–water partition coefficient (Wildman–Crippen LogP) is 2.33. The van der Waals surface area contributed by atoms with E-state index in [1.165, 1.54) is 0 Å². The molecule has 0 aliphatic carbocycles. The molecule has 0 spiro atoms. The fraction of sp³-hybridized carbons (Fsp3) is 0.188. The number of carbonyl (C=O) groups excluding carboxylic acids is 1. The number of hydrogen-bond acceptors (Lipinski definition) is 2. The molecule has 1 aromatic carbocycles. The Morgan fingerprint density at radius 2 is 2.10 bits per heavy atom. The lowest BCUT2D eigenvalue weighted by molar-refractivity contribution is 0.0946. The van der Waals surface area contributed by atoms with Crippen molar-refractivity contribution >= 4 is 17.5 Å². The Bertz CT molecular complexity index is 666. The zero-order chi connectivity index (χ0) is 15.1. The van der Waals surface area contributed by atoms with Gasteiger partial charge in [-0.05, 0) is 23.8 Å². The topological polar surface area (TPSA) is 65.1 Å². The van der Waals surface area contributed by atoms with E-state index in [0.717, 1.165) is 11.1 Å². The molecule has 0 radical (unpaired) electrons. The van der Waals surface area contributed by atoms with Gasteiger partial charge in [0.15, 0.2) is 0 Å². The number of H-pyrrole nitrogens is 1. The van der Waals surface area contributed by atoms with Crippen molar-refractivity contribution in [3.05, 3.63) is 58.4 Å². The third-order valence-electron chi connectivity index (χ3n) is 2.77. The van der Waals surface area contributed by atoms with Gasteiger partial charge < -0.3 is 15.4 Å². The van der Waals surface area contributed by atoms with Gasteiger partial charge in [-0.25, -0.2) is 0 Å². The predicted molar refractivity (Wildman–Crippen MR) is 82.0 cm³/mol. The van der Waals surface area contributed by atoms with Crippen LogP contribution in [0.4, 0.5) is 0 Å². The summed E-state index contributed by atoms with van der Waals surface area (Å²) in [4.78, 5) is 14.6. The summed E-state index contributed by atoms with van der Waals surface area (Å²) in [5.74, 6) is 5.61. The largest absolute Gasteiger partial charge is 0.395 e. The first-order chi connectivity index (χ1) is 10.2. The van der Waals surface area contributed by atoms with Gasteiger partial charge in [-0.15, -0.1) is 0 Å². The van der Waals surface area contributed by atoms with Gasteiger partial charge >= 0.3 is 0 Å². The summed E-state index contributed by atoms with van der Waals surface area (Å²) in [5, 5.41) is 12.0. The Labute approximate surface area is 128 Å². The summed E-state index contributed by atoms with van der Waals surface area (Å²) in [6.45, 7) is 0.500. The van der Waals surface area contributed by atoms with Crippen molar-refractivity contribution in [1.29, 1.82) is 0 Å². The summed E-state index contributed by atoms with van der Waals surface area (Å²) in [7, 11) is 0. The molecule has 0 aliphatic rings. The zero-order valence-electron chi connectivity index (χ0n) is 11.3. The summed E-state index contributed by atoms with van der Waals surface area (Å²) in [6.07, 6.45) is 2.03. The molecule has 4 nitrogen and oxygen atoms in total. The van der Waals surface area contributed by atoms with Crippen molar-refractivity contribution in [3.63, 3.8) is 0 Å². The second-order valence-corrected chi connectivity index (χ2v) is 4.82. The van der Waals surface area contributed by atoms with Crippen LogP contribution in [0.2, 0.25) is 5.02 Å². The van der Waals surface area contributed by atoms with E-state index in [1.807, 2.05) is 24.3 Å². The molecule has 0 fully saturated rings. The Morgan fingerprint density at radius 3 is 2.71 bits per heavy atom. The van der Waals surface area contributed by atoms with Gasteiger partial charge in [0.05, 0.1) is 11.6 Å². The molecule has 0 saturated carbocycles. The Kier molecular flexibility index (Phi) is 5.44. The minimum atomic E-state index is -0.200. The molecule has 3 N–H and O–H groups in total. The molecule has 21 heavy (non-hydrogen) atoms. The number of aromatic amines is 1. The highest BCUT2D eigenvalue weighted by atomic mass is 35.5. The lowest BCUT2D eigenvalue weighted by Gasteiger charge is -2.04. The van der Waals surface area contributed by atoms with Gasteiger partial charge in [0, 0.05) is 24.7 Å².